The van der Waals surface area contributed by atoms with Crippen molar-refractivity contribution >= 4 is 17.7 Å². The minimum Gasteiger partial charge on any atom is -0.351 e. The number of hydrogen-bond donors (Lipinski definition) is 1. The third-order valence-corrected chi connectivity index (χ3v) is 4.44. The maximum absolute atomic E-state index is 12.0. The van der Waals surface area contributed by atoms with E-state index in [1.54, 1.807) is 0 Å². The van der Waals surface area contributed by atoms with E-state index in [0.717, 1.165) is 22.6 Å². The molecule has 0 aromatic heterocycles. The summed E-state index contributed by atoms with van der Waals surface area (Å²) in [5.74, 6) is 1.92. The Morgan fingerprint density at radius 2 is 1.81 bits per heavy atom. The third-order valence-electron chi connectivity index (χ3n) is 3.41. The largest absolute Gasteiger partial charge is 0.351 e. The third kappa shape index (κ3) is 4.94. The van der Waals surface area contributed by atoms with Crippen molar-refractivity contribution in [1.82, 2.24) is 5.32 Å². The van der Waals surface area contributed by atoms with Gasteiger partial charge in [-0.05, 0) is 42.7 Å². The fourth-order valence-electron chi connectivity index (χ4n) is 1.99. The zero-order valence-electron chi connectivity index (χ0n) is 12.6. The molecule has 1 N–H and O–H groups in total. The molecule has 2 aromatic carbocycles. The molecular weight excluding hydrogens is 278 g/mol. The van der Waals surface area contributed by atoms with Crippen LogP contribution in [-0.2, 0) is 5.75 Å². The fraction of sp³-hybridized carbons (Fsp3) is 0.278. The highest BCUT2D eigenvalue weighted by Crippen LogP contribution is 2.11. The van der Waals surface area contributed by atoms with E-state index in [9.17, 15) is 4.79 Å². The molecular formula is C18H21NOS. The molecule has 3 heteroatoms. The Labute approximate surface area is 131 Å². The molecule has 0 bridgehead atoms. The van der Waals surface area contributed by atoms with Crippen LogP contribution < -0.4 is 5.32 Å². The van der Waals surface area contributed by atoms with Crippen molar-refractivity contribution in [3.63, 3.8) is 0 Å². The highest BCUT2D eigenvalue weighted by atomic mass is 32.2. The van der Waals surface area contributed by atoms with Crippen molar-refractivity contribution in [2.24, 2.45) is 0 Å². The number of thioether (sulfide) groups is 1. The Morgan fingerprint density at radius 1 is 1.05 bits per heavy atom. The van der Waals surface area contributed by atoms with E-state index in [1.165, 1.54) is 11.1 Å². The molecule has 2 nitrogen and oxygen atoms in total. The van der Waals surface area contributed by atoms with Crippen LogP contribution in [0.3, 0.4) is 0 Å². The number of hydrogen-bond acceptors (Lipinski definition) is 2. The molecule has 0 saturated carbocycles. The van der Waals surface area contributed by atoms with E-state index < -0.39 is 0 Å². The Balaban J connectivity index is 1.71. The normalized spacial score (nSPS) is 10.4. The van der Waals surface area contributed by atoms with Gasteiger partial charge in [-0.2, -0.15) is 11.8 Å². The van der Waals surface area contributed by atoms with Gasteiger partial charge in [-0.1, -0.05) is 36.4 Å². The van der Waals surface area contributed by atoms with Crippen LogP contribution in [0, 0.1) is 13.8 Å². The second kappa shape index (κ2) is 7.89. The lowest BCUT2D eigenvalue weighted by Crippen LogP contribution is -2.25. The predicted octanol–water partition coefficient (Wildman–Crippen LogP) is 3.97. The van der Waals surface area contributed by atoms with E-state index in [1.807, 2.05) is 43.0 Å². The van der Waals surface area contributed by atoms with Gasteiger partial charge in [-0.15, -0.1) is 0 Å². The van der Waals surface area contributed by atoms with Crippen molar-refractivity contribution in [2.45, 2.75) is 19.6 Å². The van der Waals surface area contributed by atoms with Gasteiger partial charge < -0.3 is 5.32 Å². The summed E-state index contributed by atoms with van der Waals surface area (Å²) in [5.41, 5.74) is 4.43. The van der Waals surface area contributed by atoms with Gasteiger partial charge in [0.2, 0.25) is 0 Å². The second-order valence-corrected chi connectivity index (χ2v) is 6.20. The van der Waals surface area contributed by atoms with Crippen LogP contribution in [0.1, 0.15) is 27.0 Å². The van der Waals surface area contributed by atoms with Crippen LogP contribution in [0.15, 0.2) is 48.5 Å². The predicted molar refractivity (Wildman–Crippen MR) is 90.9 cm³/mol. The number of aryl methyl sites for hydroxylation is 2. The molecule has 0 radical (unpaired) electrons. The summed E-state index contributed by atoms with van der Waals surface area (Å²) in [5, 5.41) is 2.97. The lowest BCUT2D eigenvalue weighted by atomic mass is 10.1. The van der Waals surface area contributed by atoms with Crippen LogP contribution in [-0.4, -0.2) is 18.2 Å². The number of nitrogens with one attached hydrogen (secondary N) is 1. The van der Waals surface area contributed by atoms with Crippen molar-refractivity contribution in [1.29, 1.82) is 0 Å². The first kappa shape index (κ1) is 15.6. The number of amides is 1. The van der Waals surface area contributed by atoms with E-state index in [-0.39, 0.29) is 5.91 Å². The van der Waals surface area contributed by atoms with Gasteiger partial charge >= 0.3 is 0 Å². The molecule has 0 spiro atoms. The average molecular weight is 299 g/mol. The maximum Gasteiger partial charge on any atom is 0.251 e. The molecule has 0 fully saturated rings. The first-order valence-electron chi connectivity index (χ1n) is 7.14. The van der Waals surface area contributed by atoms with E-state index in [4.69, 9.17) is 0 Å². The van der Waals surface area contributed by atoms with Gasteiger partial charge in [-0.3, -0.25) is 4.79 Å². The smallest absolute Gasteiger partial charge is 0.251 e. The molecule has 0 aliphatic rings. The summed E-state index contributed by atoms with van der Waals surface area (Å²) in [7, 11) is 0. The summed E-state index contributed by atoms with van der Waals surface area (Å²) in [6, 6.07) is 16.2. The number of benzene rings is 2. The standard InChI is InChI=1S/C18H21NOS/c1-14-8-9-17(12-15(14)2)18(20)19-10-11-21-13-16-6-4-3-5-7-16/h3-9,12H,10-11,13H2,1-2H3,(H,19,20). The maximum atomic E-state index is 12.0. The highest BCUT2D eigenvalue weighted by molar-refractivity contribution is 7.98. The van der Waals surface area contributed by atoms with Gasteiger partial charge in [0.15, 0.2) is 0 Å². The Morgan fingerprint density at radius 3 is 2.52 bits per heavy atom. The number of carbonyl (C=O) groups is 1. The monoisotopic (exact) mass is 299 g/mol. The van der Waals surface area contributed by atoms with Crippen LogP contribution >= 0.6 is 11.8 Å². The molecule has 1 amide bonds. The summed E-state index contributed by atoms with van der Waals surface area (Å²) in [4.78, 5) is 12.0. The van der Waals surface area contributed by atoms with E-state index in [2.05, 4.69) is 36.5 Å². The van der Waals surface area contributed by atoms with Crippen molar-refractivity contribution in [3.8, 4) is 0 Å². The molecule has 0 heterocycles. The van der Waals surface area contributed by atoms with Crippen molar-refractivity contribution < 1.29 is 4.79 Å². The molecule has 0 saturated heterocycles. The summed E-state index contributed by atoms with van der Waals surface area (Å²) < 4.78 is 0. The minimum absolute atomic E-state index is 0.0124. The van der Waals surface area contributed by atoms with Crippen LogP contribution in [0.25, 0.3) is 0 Å². The van der Waals surface area contributed by atoms with Gasteiger partial charge in [0.1, 0.15) is 0 Å². The average Bonchev–Trinajstić information content (AvgIpc) is 2.50. The van der Waals surface area contributed by atoms with Gasteiger partial charge in [-0.25, -0.2) is 0 Å². The first-order chi connectivity index (χ1) is 10.2. The van der Waals surface area contributed by atoms with Crippen molar-refractivity contribution in [3.05, 3.63) is 70.8 Å². The Hall–Kier alpha value is -1.74. The van der Waals surface area contributed by atoms with Gasteiger partial charge in [0, 0.05) is 23.6 Å². The minimum atomic E-state index is 0.0124. The number of rotatable bonds is 6. The Bertz CT molecular complexity index is 595. The zero-order valence-corrected chi connectivity index (χ0v) is 13.4. The SMILES string of the molecule is Cc1ccc(C(=O)NCCSCc2ccccc2)cc1C. The topological polar surface area (TPSA) is 29.1 Å². The van der Waals surface area contributed by atoms with Crippen LogP contribution in [0.5, 0.6) is 0 Å². The fourth-order valence-corrected chi connectivity index (χ4v) is 2.80. The summed E-state index contributed by atoms with van der Waals surface area (Å²) in [6.07, 6.45) is 0. The highest BCUT2D eigenvalue weighted by Gasteiger charge is 2.05. The van der Waals surface area contributed by atoms with Crippen molar-refractivity contribution in [2.75, 3.05) is 12.3 Å². The molecule has 0 atom stereocenters. The molecule has 21 heavy (non-hydrogen) atoms. The quantitative estimate of drug-likeness (QED) is 0.818. The molecule has 0 aliphatic heterocycles. The number of carbonyl (C=O) groups excluding carboxylic acids is 1. The van der Waals surface area contributed by atoms with E-state index in [0.29, 0.717) is 6.54 Å². The van der Waals surface area contributed by atoms with Gasteiger partial charge in [0.25, 0.3) is 5.91 Å². The summed E-state index contributed by atoms with van der Waals surface area (Å²) in [6.45, 7) is 4.78. The second-order valence-electron chi connectivity index (χ2n) is 5.09. The molecule has 110 valence electrons. The lowest BCUT2D eigenvalue weighted by Gasteiger charge is -2.07. The van der Waals surface area contributed by atoms with Gasteiger partial charge in [0.05, 0.1) is 0 Å². The first-order valence-corrected chi connectivity index (χ1v) is 8.29. The molecule has 2 rings (SSSR count). The molecule has 2 aromatic rings. The zero-order chi connectivity index (χ0) is 15.1. The molecule has 0 unspecified atom stereocenters. The van der Waals surface area contributed by atoms with Crippen LogP contribution in [0.2, 0.25) is 0 Å². The molecule has 0 aliphatic carbocycles. The Kier molecular flexibility index (Phi) is 5.88. The van der Waals surface area contributed by atoms with Crippen LogP contribution in [0.4, 0.5) is 0 Å². The lowest BCUT2D eigenvalue weighted by molar-refractivity contribution is 0.0956. The summed E-state index contributed by atoms with van der Waals surface area (Å²) >= 11 is 1.83. The van der Waals surface area contributed by atoms with E-state index >= 15 is 0 Å².